The summed E-state index contributed by atoms with van der Waals surface area (Å²) in [6.07, 6.45) is 0. The summed E-state index contributed by atoms with van der Waals surface area (Å²) in [6, 6.07) is 13.6. The number of rotatable bonds is 1. The molecule has 1 atom stereocenters. The van der Waals surface area contributed by atoms with Gasteiger partial charge in [-0.2, -0.15) is 0 Å². The fourth-order valence-corrected chi connectivity index (χ4v) is 2.59. The molecule has 2 nitrogen and oxygen atoms in total. The Balaban J connectivity index is 2.24. The number of carboxylic acid groups (broad SMARTS) is 1. The molecule has 1 aliphatic carbocycles. The van der Waals surface area contributed by atoms with E-state index in [-0.39, 0.29) is 5.92 Å². The maximum atomic E-state index is 11.0. The van der Waals surface area contributed by atoms with Crippen molar-refractivity contribution in [1.29, 1.82) is 0 Å². The second-order valence-electron chi connectivity index (χ2n) is 4.42. The normalized spacial score (nSPS) is 16.4. The molecule has 0 radical (unpaired) electrons. The average Bonchev–Trinajstić information content (AvgIpc) is 2.64. The van der Waals surface area contributed by atoms with Crippen LogP contribution in [0.3, 0.4) is 0 Å². The zero-order valence-corrected chi connectivity index (χ0v) is 9.47. The maximum absolute atomic E-state index is 11.0. The van der Waals surface area contributed by atoms with Gasteiger partial charge in [-0.3, -0.25) is 0 Å². The van der Waals surface area contributed by atoms with Crippen LogP contribution in [0.25, 0.3) is 11.1 Å². The quantitative estimate of drug-likeness (QED) is 0.804. The lowest BCUT2D eigenvalue weighted by atomic mass is 9.98. The van der Waals surface area contributed by atoms with Gasteiger partial charge in [-0.1, -0.05) is 37.3 Å². The molecule has 0 unspecified atom stereocenters. The first-order valence-corrected chi connectivity index (χ1v) is 5.65. The van der Waals surface area contributed by atoms with Crippen molar-refractivity contribution in [1.82, 2.24) is 0 Å². The first-order chi connectivity index (χ1) is 8.18. The molecule has 0 fully saturated rings. The second-order valence-corrected chi connectivity index (χ2v) is 4.42. The van der Waals surface area contributed by atoms with Crippen molar-refractivity contribution in [3.8, 4) is 11.1 Å². The van der Waals surface area contributed by atoms with Crippen LogP contribution in [0.2, 0.25) is 0 Å². The lowest BCUT2D eigenvalue weighted by Gasteiger charge is -2.06. The fraction of sp³-hybridized carbons (Fsp3) is 0.133. The zero-order valence-electron chi connectivity index (χ0n) is 9.47. The van der Waals surface area contributed by atoms with Crippen LogP contribution in [-0.4, -0.2) is 11.1 Å². The average molecular weight is 224 g/mol. The Labute approximate surface area is 99.5 Å². The zero-order chi connectivity index (χ0) is 12.0. The molecule has 2 aromatic carbocycles. The predicted molar refractivity (Wildman–Crippen MR) is 66.4 cm³/mol. The molecule has 0 amide bonds. The van der Waals surface area contributed by atoms with Gasteiger partial charge in [-0.05, 0) is 34.4 Å². The Kier molecular flexibility index (Phi) is 2.05. The van der Waals surface area contributed by atoms with Gasteiger partial charge in [-0.15, -0.1) is 0 Å². The Bertz CT molecular complexity index is 614. The van der Waals surface area contributed by atoms with Crippen LogP contribution in [-0.2, 0) is 0 Å². The Morgan fingerprint density at radius 3 is 2.53 bits per heavy atom. The van der Waals surface area contributed by atoms with E-state index in [9.17, 15) is 4.79 Å². The van der Waals surface area contributed by atoms with E-state index in [0.29, 0.717) is 5.56 Å². The molecule has 2 heteroatoms. The van der Waals surface area contributed by atoms with Crippen molar-refractivity contribution >= 4 is 5.97 Å². The van der Waals surface area contributed by atoms with Crippen LogP contribution >= 0.6 is 0 Å². The van der Waals surface area contributed by atoms with E-state index in [0.717, 1.165) is 11.1 Å². The molecule has 1 aliphatic rings. The maximum Gasteiger partial charge on any atom is 0.335 e. The van der Waals surface area contributed by atoms with E-state index in [1.54, 1.807) is 12.1 Å². The summed E-state index contributed by atoms with van der Waals surface area (Å²) in [6.45, 7) is 2.12. The number of benzene rings is 2. The van der Waals surface area contributed by atoms with Crippen LogP contribution in [0.1, 0.15) is 34.3 Å². The third-order valence-electron chi connectivity index (χ3n) is 3.48. The van der Waals surface area contributed by atoms with Crippen molar-refractivity contribution in [2.45, 2.75) is 12.8 Å². The minimum absolute atomic E-state index is 0.278. The van der Waals surface area contributed by atoms with E-state index in [1.807, 2.05) is 18.2 Å². The summed E-state index contributed by atoms with van der Waals surface area (Å²) in [7, 11) is 0. The first-order valence-electron chi connectivity index (χ1n) is 5.65. The topological polar surface area (TPSA) is 37.3 Å². The van der Waals surface area contributed by atoms with Gasteiger partial charge in [0.15, 0.2) is 0 Å². The smallest absolute Gasteiger partial charge is 0.335 e. The van der Waals surface area contributed by atoms with Gasteiger partial charge in [0.05, 0.1) is 5.56 Å². The Hall–Kier alpha value is -2.09. The van der Waals surface area contributed by atoms with Crippen molar-refractivity contribution in [3.63, 3.8) is 0 Å². The van der Waals surface area contributed by atoms with Gasteiger partial charge in [0.1, 0.15) is 0 Å². The molecule has 0 bridgehead atoms. The van der Waals surface area contributed by atoms with Crippen molar-refractivity contribution in [3.05, 3.63) is 59.2 Å². The molecule has 0 aliphatic heterocycles. The molecular weight excluding hydrogens is 212 g/mol. The van der Waals surface area contributed by atoms with Crippen molar-refractivity contribution in [2.75, 3.05) is 0 Å². The molecule has 0 heterocycles. The summed E-state index contributed by atoms with van der Waals surface area (Å²) in [5.74, 6) is -0.587. The number of carbonyl (C=O) groups is 1. The lowest BCUT2D eigenvalue weighted by molar-refractivity contribution is 0.0697. The van der Waals surface area contributed by atoms with E-state index in [2.05, 4.69) is 19.1 Å². The molecule has 17 heavy (non-hydrogen) atoms. The van der Waals surface area contributed by atoms with Crippen LogP contribution in [0.15, 0.2) is 42.5 Å². The molecular formula is C15H12O2. The molecule has 0 saturated heterocycles. The highest BCUT2D eigenvalue weighted by atomic mass is 16.4. The standard InChI is InChI=1S/C15H12O2/c1-9-11-4-2-3-5-12(11)13-7-6-10(15(16)17)8-14(9)13/h2-9H,1H3,(H,16,17)/t9-/m0/s1. The van der Waals surface area contributed by atoms with Crippen molar-refractivity contribution in [2.24, 2.45) is 0 Å². The molecule has 0 saturated carbocycles. The minimum Gasteiger partial charge on any atom is -0.478 e. The fourth-order valence-electron chi connectivity index (χ4n) is 2.59. The highest BCUT2D eigenvalue weighted by Crippen LogP contribution is 2.44. The summed E-state index contributed by atoms with van der Waals surface area (Å²) in [4.78, 5) is 11.0. The molecule has 0 spiro atoms. The van der Waals surface area contributed by atoms with E-state index in [1.165, 1.54) is 11.1 Å². The van der Waals surface area contributed by atoms with Gasteiger partial charge < -0.3 is 5.11 Å². The highest BCUT2D eigenvalue weighted by molar-refractivity contribution is 5.90. The third kappa shape index (κ3) is 1.37. The predicted octanol–water partition coefficient (Wildman–Crippen LogP) is 3.52. The molecule has 3 rings (SSSR count). The minimum atomic E-state index is -0.865. The van der Waals surface area contributed by atoms with Gasteiger partial charge in [0.25, 0.3) is 0 Å². The molecule has 84 valence electrons. The summed E-state index contributed by atoms with van der Waals surface area (Å²) < 4.78 is 0. The van der Waals surface area contributed by atoms with Gasteiger partial charge in [0, 0.05) is 5.92 Å². The molecule has 1 N–H and O–H groups in total. The van der Waals surface area contributed by atoms with Crippen LogP contribution in [0.5, 0.6) is 0 Å². The van der Waals surface area contributed by atoms with E-state index < -0.39 is 5.97 Å². The van der Waals surface area contributed by atoms with Gasteiger partial charge in [0.2, 0.25) is 0 Å². The van der Waals surface area contributed by atoms with Gasteiger partial charge >= 0.3 is 5.97 Å². The number of hydrogen-bond donors (Lipinski definition) is 1. The first kappa shape index (κ1) is 10.1. The van der Waals surface area contributed by atoms with Crippen LogP contribution in [0.4, 0.5) is 0 Å². The third-order valence-corrected chi connectivity index (χ3v) is 3.48. The van der Waals surface area contributed by atoms with Gasteiger partial charge in [-0.25, -0.2) is 4.79 Å². The number of aromatic carboxylic acids is 1. The lowest BCUT2D eigenvalue weighted by Crippen LogP contribution is -1.98. The van der Waals surface area contributed by atoms with E-state index >= 15 is 0 Å². The van der Waals surface area contributed by atoms with E-state index in [4.69, 9.17) is 5.11 Å². The number of fused-ring (bicyclic) bond motifs is 3. The summed E-state index contributed by atoms with van der Waals surface area (Å²) >= 11 is 0. The Morgan fingerprint density at radius 2 is 1.76 bits per heavy atom. The highest BCUT2D eigenvalue weighted by Gasteiger charge is 2.25. The summed E-state index contributed by atoms with van der Waals surface area (Å²) in [5.41, 5.74) is 5.16. The number of hydrogen-bond acceptors (Lipinski definition) is 1. The Morgan fingerprint density at radius 1 is 1.06 bits per heavy atom. The molecule has 2 aromatic rings. The molecule has 0 aromatic heterocycles. The largest absolute Gasteiger partial charge is 0.478 e. The van der Waals surface area contributed by atoms with Crippen LogP contribution < -0.4 is 0 Å². The monoisotopic (exact) mass is 224 g/mol. The second kappa shape index (κ2) is 3.45. The summed E-state index contributed by atoms with van der Waals surface area (Å²) in [5, 5.41) is 9.02. The SMILES string of the molecule is C[C@H]1c2ccccc2-c2ccc(C(=O)O)cc21. The van der Waals surface area contributed by atoms with Crippen LogP contribution in [0, 0.1) is 0 Å². The number of carboxylic acids is 1. The van der Waals surface area contributed by atoms with Crippen molar-refractivity contribution < 1.29 is 9.90 Å².